The van der Waals surface area contributed by atoms with Crippen LogP contribution < -0.4 is 16.0 Å². The van der Waals surface area contributed by atoms with E-state index >= 15 is 0 Å². The van der Waals surface area contributed by atoms with Crippen LogP contribution in [0.25, 0.3) is 11.1 Å². The Balaban J connectivity index is 0.00000140. The van der Waals surface area contributed by atoms with Crippen molar-refractivity contribution in [2.24, 2.45) is 17.6 Å². The van der Waals surface area contributed by atoms with Gasteiger partial charge in [-0.1, -0.05) is 25.0 Å². The average molecular weight is 429 g/mol. The number of benzene rings is 1. The Hall–Kier alpha value is -1.50. The molecule has 2 aliphatic rings. The van der Waals surface area contributed by atoms with E-state index in [1.54, 1.807) is 0 Å². The number of para-hydroxylation sites is 2. The molecule has 28 heavy (non-hydrogen) atoms. The van der Waals surface area contributed by atoms with Crippen LogP contribution >= 0.6 is 24.8 Å². The minimum atomic E-state index is 0. The Kier molecular flexibility index (Phi) is 8.40. The summed E-state index contributed by atoms with van der Waals surface area (Å²) in [6.45, 7) is 2.27. The van der Waals surface area contributed by atoms with Gasteiger partial charge in [0, 0.05) is 25.0 Å². The summed E-state index contributed by atoms with van der Waals surface area (Å²) in [5.74, 6) is 0.719. The molecule has 6 nitrogen and oxygen atoms in total. The summed E-state index contributed by atoms with van der Waals surface area (Å²) >= 11 is 0. The van der Waals surface area contributed by atoms with Crippen molar-refractivity contribution < 1.29 is 9.21 Å². The second kappa shape index (κ2) is 10.3. The van der Waals surface area contributed by atoms with E-state index in [2.05, 4.69) is 15.2 Å². The number of piperidine rings is 1. The molecule has 2 aromatic rings. The van der Waals surface area contributed by atoms with Crippen LogP contribution in [0.15, 0.2) is 28.7 Å². The molecule has 1 aromatic heterocycles. The molecule has 3 N–H and O–H groups in total. The van der Waals surface area contributed by atoms with Crippen molar-refractivity contribution in [3.05, 3.63) is 24.3 Å². The first-order valence-electron chi connectivity index (χ1n) is 9.85. The lowest BCUT2D eigenvalue weighted by atomic mass is 9.84. The van der Waals surface area contributed by atoms with Gasteiger partial charge in [0.05, 0.1) is 0 Å². The van der Waals surface area contributed by atoms with E-state index in [0.717, 1.165) is 49.9 Å². The van der Waals surface area contributed by atoms with Crippen LogP contribution in [0.1, 0.15) is 38.5 Å². The van der Waals surface area contributed by atoms with E-state index in [0.29, 0.717) is 18.5 Å². The summed E-state index contributed by atoms with van der Waals surface area (Å²) < 4.78 is 5.85. The van der Waals surface area contributed by atoms with Gasteiger partial charge >= 0.3 is 0 Å². The highest BCUT2D eigenvalue weighted by molar-refractivity contribution is 5.85. The first-order valence-corrected chi connectivity index (χ1v) is 9.85. The van der Waals surface area contributed by atoms with Gasteiger partial charge in [0.1, 0.15) is 5.52 Å². The minimum absolute atomic E-state index is 0. The predicted molar refractivity (Wildman–Crippen MR) is 116 cm³/mol. The zero-order valence-corrected chi connectivity index (χ0v) is 17.6. The van der Waals surface area contributed by atoms with E-state index < -0.39 is 0 Å². The van der Waals surface area contributed by atoms with Crippen LogP contribution in [-0.2, 0) is 4.79 Å². The summed E-state index contributed by atoms with van der Waals surface area (Å²) in [6.07, 6.45) is 6.30. The molecular weight excluding hydrogens is 399 g/mol. The first-order chi connectivity index (χ1) is 12.7. The van der Waals surface area contributed by atoms with Gasteiger partial charge in [-0.05, 0) is 50.3 Å². The van der Waals surface area contributed by atoms with Crippen molar-refractivity contribution in [2.45, 2.75) is 44.6 Å². The fourth-order valence-electron chi connectivity index (χ4n) is 4.31. The maximum Gasteiger partial charge on any atom is 0.298 e. The van der Waals surface area contributed by atoms with Gasteiger partial charge in [0.25, 0.3) is 6.01 Å². The molecular formula is C20H30Cl2N4O2. The number of fused-ring (bicyclic) bond motifs is 1. The second-order valence-electron chi connectivity index (χ2n) is 7.62. The van der Waals surface area contributed by atoms with Gasteiger partial charge in [-0.15, -0.1) is 24.8 Å². The molecule has 2 fully saturated rings. The van der Waals surface area contributed by atoms with E-state index in [9.17, 15) is 4.79 Å². The van der Waals surface area contributed by atoms with E-state index in [1.165, 1.54) is 12.8 Å². The summed E-state index contributed by atoms with van der Waals surface area (Å²) in [6, 6.07) is 8.74. The molecule has 8 heteroatoms. The van der Waals surface area contributed by atoms with Crippen LogP contribution in [-0.4, -0.2) is 36.6 Å². The van der Waals surface area contributed by atoms with E-state index in [4.69, 9.17) is 10.2 Å². The highest BCUT2D eigenvalue weighted by Gasteiger charge is 2.31. The quantitative estimate of drug-likeness (QED) is 0.777. The van der Waals surface area contributed by atoms with Gasteiger partial charge in [-0.3, -0.25) is 4.79 Å². The summed E-state index contributed by atoms with van der Waals surface area (Å²) in [5.41, 5.74) is 7.58. The zero-order valence-electron chi connectivity index (χ0n) is 16.0. The number of halogens is 2. The molecule has 1 saturated heterocycles. The maximum absolute atomic E-state index is 12.7. The number of amides is 1. The molecule has 1 aromatic carbocycles. The number of carbonyl (C=O) groups is 1. The molecule has 2 atom stereocenters. The largest absolute Gasteiger partial charge is 0.423 e. The zero-order chi connectivity index (χ0) is 17.9. The molecule has 4 rings (SSSR count). The normalized spacial score (nSPS) is 23.0. The van der Waals surface area contributed by atoms with Crippen LogP contribution in [0.4, 0.5) is 6.01 Å². The van der Waals surface area contributed by atoms with Crippen LogP contribution in [0.3, 0.4) is 0 Å². The smallest absolute Gasteiger partial charge is 0.298 e. The van der Waals surface area contributed by atoms with Gasteiger partial charge in [-0.2, -0.15) is 4.98 Å². The van der Waals surface area contributed by atoms with Gasteiger partial charge in [0.15, 0.2) is 5.58 Å². The Bertz CT molecular complexity index is 728. The second-order valence-corrected chi connectivity index (χ2v) is 7.62. The predicted octanol–water partition coefficient (Wildman–Crippen LogP) is 3.52. The molecule has 2 heterocycles. The highest BCUT2D eigenvalue weighted by atomic mass is 35.5. The van der Waals surface area contributed by atoms with E-state index in [-0.39, 0.29) is 42.7 Å². The standard InChI is InChI=1S/C20H28N4O2.2ClH/c21-13-15-5-1-2-6-16(15)22-19(25)14-9-11-24(12-10-14)20-23-17-7-3-4-8-18(17)26-20;;/h3-4,7-8,14-16H,1-2,5-6,9-13,21H2,(H,22,25);2*1H. The minimum Gasteiger partial charge on any atom is -0.423 e. The van der Waals surface area contributed by atoms with Crippen LogP contribution in [0.2, 0.25) is 0 Å². The summed E-state index contributed by atoms with van der Waals surface area (Å²) in [5, 5.41) is 3.29. The average Bonchev–Trinajstić information content (AvgIpc) is 3.13. The molecule has 1 aliphatic carbocycles. The number of rotatable bonds is 4. The number of anilines is 1. The number of hydrogen-bond donors (Lipinski definition) is 2. The van der Waals surface area contributed by atoms with Gasteiger partial charge in [0.2, 0.25) is 5.91 Å². The lowest BCUT2D eigenvalue weighted by molar-refractivity contribution is -0.126. The molecule has 1 amide bonds. The first kappa shape index (κ1) is 22.8. The van der Waals surface area contributed by atoms with Gasteiger partial charge in [-0.25, -0.2) is 0 Å². The number of nitrogens with zero attached hydrogens (tertiary/aromatic N) is 2. The van der Waals surface area contributed by atoms with Crippen LogP contribution in [0.5, 0.6) is 0 Å². The Morgan fingerprint density at radius 1 is 1.14 bits per heavy atom. The fourth-order valence-corrected chi connectivity index (χ4v) is 4.31. The lowest BCUT2D eigenvalue weighted by Gasteiger charge is -2.34. The summed E-state index contributed by atoms with van der Waals surface area (Å²) in [4.78, 5) is 19.4. The lowest BCUT2D eigenvalue weighted by Crippen LogP contribution is -2.48. The number of carbonyl (C=O) groups excluding carboxylic acids is 1. The van der Waals surface area contributed by atoms with Crippen molar-refractivity contribution in [3.63, 3.8) is 0 Å². The maximum atomic E-state index is 12.7. The molecule has 2 unspecified atom stereocenters. The highest BCUT2D eigenvalue weighted by Crippen LogP contribution is 2.28. The van der Waals surface area contributed by atoms with Crippen molar-refractivity contribution in [2.75, 3.05) is 24.5 Å². The van der Waals surface area contributed by atoms with Crippen molar-refractivity contribution in [1.82, 2.24) is 10.3 Å². The Morgan fingerprint density at radius 2 is 1.86 bits per heavy atom. The molecule has 1 saturated carbocycles. The molecule has 0 bridgehead atoms. The number of aromatic nitrogens is 1. The number of oxazole rings is 1. The summed E-state index contributed by atoms with van der Waals surface area (Å²) in [7, 11) is 0. The SMILES string of the molecule is Cl.Cl.NCC1CCCCC1NC(=O)C1CCN(c2nc3ccccc3o2)CC1. The number of nitrogens with one attached hydrogen (secondary N) is 1. The van der Waals surface area contributed by atoms with Crippen LogP contribution in [0, 0.1) is 11.8 Å². The topological polar surface area (TPSA) is 84.4 Å². The van der Waals surface area contributed by atoms with Crippen molar-refractivity contribution >= 4 is 47.8 Å². The molecule has 0 spiro atoms. The van der Waals surface area contributed by atoms with Crippen molar-refractivity contribution in [3.8, 4) is 0 Å². The number of nitrogens with two attached hydrogens (primary N) is 1. The third-order valence-corrected chi connectivity index (χ3v) is 5.96. The van der Waals surface area contributed by atoms with E-state index in [1.807, 2.05) is 24.3 Å². The molecule has 0 radical (unpaired) electrons. The third-order valence-electron chi connectivity index (χ3n) is 5.96. The monoisotopic (exact) mass is 428 g/mol. The Labute approximate surface area is 178 Å². The molecule has 156 valence electrons. The van der Waals surface area contributed by atoms with Crippen molar-refractivity contribution in [1.29, 1.82) is 0 Å². The number of hydrogen-bond acceptors (Lipinski definition) is 5. The molecule has 1 aliphatic heterocycles. The fraction of sp³-hybridized carbons (Fsp3) is 0.600. The third kappa shape index (κ3) is 4.91. The Morgan fingerprint density at radius 3 is 2.57 bits per heavy atom. The van der Waals surface area contributed by atoms with Gasteiger partial charge < -0.3 is 20.4 Å².